The Kier molecular flexibility index (Phi) is 6.83. The highest BCUT2D eigenvalue weighted by Crippen LogP contribution is 2.28. The number of nitrogens with zero attached hydrogens (tertiary/aromatic N) is 2. The van der Waals surface area contributed by atoms with Gasteiger partial charge < -0.3 is 5.73 Å². The number of halogens is 1. The van der Waals surface area contributed by atoms with Crippen LogP contribution in [0.4, 0.5) is 0 Å². The summed E-state index contributed by atoms with van der Waals surface area (Å²) >= 11 is 0. The molecule has 22 heavy (non-hydrogen) atoms. The van der Waals surface area contributed by atoms with Gasteiger partial charge in [0.1, 0.15) is 0 Å². The summed E-state index contributed by atoms with van der Waals surface area (Å²) in [7, 11) is -1.79. The Bertz CT molecular complexity index is 565. The lowest BCUT2D eigenvalue weighted by atomic mass is 9.95. The SMILES string of the molecule is CC(C)CN(C)S(=O)(=O)N1C[C@@H](N)[C@H](c2ccccc2)C1.Cl. The summed E-state index contributed by atoms with van der Waals surface area (Å²) < 4.78 is 28.1. The fourth-order valence-electron chi connectivity index (χ4n) is 2.84. The molecule has 1 saturated heterocycles. The van der Waals surface area contributed by atoms with Crippen molar-refractivity contribution in [3.05, 3.63) is 35.9 Å². The van der Waals surface area contributed by atoms with Crippen LogP contribution in [0.1, 0.15) is 25.3 Å². The van der Waals surface area contributed by atoms with Gasteiger partial charge in [0, 0.05) is 38.6 Å². The minimum atomic E-state index is -3.42. The van der Waals surface area contributed by atoms with Crippen LogP contribution in [0.25, 0.3) is 0 Å². The standard InChI is InChI=1S/C15H25N3O2S.ClH/c1-12(2)9-17(3)21(19,20)18-10-14(15(16)11-18)13-7-5-4-6-8-13;/h4-8,12,14-15H,9-11,16H2,1-3H3;1H/t14-,15+;/m0./s1. The monoisotopic (exact) mass is 347 g/mol. The molecule has 0 bridgehead atoms. The highest BCUT2D eigenvalue weighted by Gasteiger charge is 2.39. The van der Waals surface area contributed by atoms with E-state index in [2.05, 4.69) is 0 Å². The molecule has 2 rings (SSSR count). The molecule has 0 radical (unpaired) electrons. The van der Waals surface area contributed by atoms with Gasteiger partial charge in [0.25, 0.3) is 10.2 Å². The second-order valence-corrected chi connectivity index (χ2v) is 8.22. The third-order valence-electron chi connectivity index (χ3n) is 3.90. The summed E-state index contributed by atoms with van der Waals surface area (Å²) in [6, 6.07) is 9.75. The van der Waals surface area contributed by atoms with Gasteiger partial charge in [-0.15, -0.1) is 12.4 Å². The molecular weight excluding hydrogens is 322 g/mol. The van der Waals surface area contributed by atoms with Crippen molar-refractivity contribution in [2.45, 2.75) is 25.8 Å². The molecular formula is C15H26ClN3O2S. The summed E-state index contributed by atoms with van der Waals surface area (Å²) in [5.41, 5.74) is 7.28. The molecule has 0 spiro atoms. The van der Waals surface area contributed by atoms with Crippen LogP contribution in [-0.2, 0) is 10.2 Å². The Hall–Kier alpha value is -0.660. The average Bonchev–Trinajstić information content (AvgIpc) is 2.81. The van der Waals surface area contributed by atoms with Crippen molar-refractivity contribution >= 4 is 22.6 Å². The van der Waals surface area contributed by atoms with Gasteiger partial charge in [-0.25, -0.2) is 0 Å². The summed E-state index contributed by atoms with van der Waals surface area (Å²) in [5.74, 6) is 0.361. The van der Waals surface area contributed by atoms with Crippen molar-refractivity contribution < 1.29 is 8.42 Å². The quantitative estimate of drug-likeness (QED) is 0.881. The fraction of sp³-hybridized carbons (Fsp3) is 0.600. The number of rotatable bonds is 5. The third kappa shape index (κ3) is 4.20. The Morgan fingerprint density at radius 3 is 2.41 bits per heavy atom. The van der Waals surface area contributed by atoms with Crippen LogP contribution in [0.5, 0.6) is 0 Å². The van der Waals surface area contributed by atoms with Gasteiger partial charge in [-0.05, 0) is 11.5 Å². The Balaban J connectivity index is 0.00000242. The van der Waals surface area contributed by atoms with E-state index in [0.29, 0.717) is 25.6 Å². The lowest BCUT2D eigenvalue weighted by Crippen LogP contribution is -2.43. The molecule has 0 aromatic heterocycles. The first-order valence-electron chi connectivity index (χ1n) is 7.34. The normalized spacial score (nSPS) is 23.0. The van der Waals surface area contributed by atoms with Gasteiger partial charge >= 0.3 is 0 Å². The van der Waals surface area contributed by atoms with Gasteiger partial charge in [-0.3, -0.25) is 0 Å². The average molecular weight is 348 g/mol. The number of hydrogen-bond donors (Lipinski definition) is 1. The van der Waals surface area contributed by atoms with E-state index in [1.54, 1.807) is 7.05 Å². The largest absolute Gasteiger partial charge is 0.326 e. The van der Waals surface area contributed by atoms with Crippen molar-refractivity contribution in [1.29, 1.82) is 0 Å². The zero-order valence-electron chi connectivity index (χ0n) is 13.3. The van der Waals surface area contributed by atoms with E-state index >= 15 is 0 Å². The van der Waals surface area contributed by atoms with Gasteiger partial charge in [-0.2, -0.15) is 17.0 Å². The highest BCUT2D eigenvalue weighted by atomic mass is 35.5. The molecule has 1 fully saturated rings. The molecule has 5 nitrogen and oxygen atoms in total. The topological polar surface area (TPSA) is 66.6 Å². The van der Waals surface area contributed by atoms with Crippen molar-refractivity contribution in [2.75, 3.05) is 26.7 Å². The van der Waals surface area contributed by atoms with Gasteiger partial charge in [0.05, 0.1) is 0 Å². The van der Waals surface area contributed by atoms with Crippen LogP contribution >= 0.6 is 12.4 Å². The van der Waals surface area contributed by atoms with Gasteiger partial charge in [-0.1, -0.05) is 44.2 Å². The van der Waals surface area contributed by atoms with Crippen molar-refractivity contribution in [3.63, 3.8) is 0 Å². The van der Waals surface area contributed by atoms with Gasteiger partial charge in [0.2, 0.25) is 0 Å². The van der Waals surface area contributed by atoms with Crippen LogP contribution < -0.4 is 5.73 Å². The van der Waals surface area contributed by atoms with E-state index in [1.165, 1.54) is 8.61 Å². The smallest absolute Gasteiger partial charge is 0.281 e. The molecule has 1 aliphatic heterocycles. The molecule has 0 aliphatic carbocycles. The van der Waals surface area contributed by atoms with E-state index < -0.39 is 10.2 Å². The van der Waals surface area contributed by atoms with Gasteiger partial charge in [0.15, 0.2) is 0 Å². The zero-order valence-corrected chi connectivity index (χ0v) is 15.0. The van der Waals surface area contributed by atoms with E-state index in [-0.39, 0.29) is 24.4 Å². The molecule has 1 aromatic carbocycles. The maximum absolute atomic E-state index is 12.6. The molecule has 1 aromatic rings. The molecule has 0 amide bonds. The van der Waals surface area contributed by atoms with Crippen LogP contribution in [0.2, 0.25) is 0 Å². The lowest BCUT2D eigenvalue weighted by molar-refractivity contribution is 0.365. The molecule has 0 saturated carbocycles. The zero-order chi connectivity index (χ0) is 15.6. The number of hydrogen-bond acceptors (Lipinski definition) is 3. The minimum absolute atomic E-state index is 0. The van der Waals surface area contributed by atoms with Crippen molar-refractivity contribution in [1.82, 2.24) is 8.61 Å². The molecule has 1 aliphatic rings. The first-order chi connectivity index (χ1) is 9.82. The Morgan fingerprint density at radius 2 is 1.86 bits per heavy atom. The van der Waals surface area contributed by atoms with Crippen LogP contribution in [0, 0.1) is 5.92 Å². The van der Waals surface area contributed by atoms with Crippen molar-refractivity contribution in [2.24, 2.45) is 11.7 Å². The summed E-state index contributed by atoms with van der Waals surface area (Å²) in [6.07, 6.45) is 0. The lowest BCUT2D eigenvalue weighted by Gasteiger charge is -2.25. The minimum Gasteiger partial charge on any atom is -0.326 e. The summed E-state index contributed by atoms with van der Waals surface area (Å²) in [6.45, 7) is 5.37. The highest BCUT2D eigenvalue weighted by molar-refractivity contribution is 7.86. The van der Waals surface area contributed by atoms with Crippen molar-refractivity contribution in [3.8, 4) is 0 Å². The first-order valence-corrected chi connectivity index (χ1v) is 8.74. The van der Waals surface area contributed by atoms with E-state index in [9.17, 15) is 8.42 Å². The maximum Gasteiger partial charge on any atom is 0.281 e. The van der Waals surface area contributed by atoms with Crippen LogP contribution in [0.15, 0.2) is 30.3 Å². The third-order valence-corrected chi connectivity index (χ3v) is 5.79. The van der Waals surface area contributed by atoms with Crippen LogP contribution in [0.3, 0.4) is 0 Å². The molecule has 0 unspecified atom stereocenters. The maximum atomic E-state index is 12.6. The number of nitrogens with two attached hydrogens (primary N) is 1. The molecule has 7 heteroatoms. The summed E-state index contributed by atoms with van der Waals surface area (Å²) in [4.78, 5) is 0. The van der Waals surface area contributed by atoms with E-state index in [0.717, 1.165) is 5.56 Å². The second kappa shape index (κ2) is 7.75. The Labute approximate surface area is 140 Å². The molecule has 126 valence electrons. The summed E-state index contributed by atoms with van der Waals surface area (Å²) in [5, 5.41) is 0. The number of benzene rings is 1. The van der Waals surface area contributed by atoms with E-state index in [4.69, 9.17) is 5.73 Å². The van der Waals surface area contributed by atoms with Crippen LogP contribution in [-0.4, -0.2) is 49.8 Å². The predicted octanol–water partition coefficient (Wildman–Crippen LogP) is 1.67. The second-order valence-electron chi connectivity index (χ2n) is 6.18. The fourth-order valence-corrected chi connectivity index (χ4v) is 4.43. The first kappa shape index (κ1) is 19.4. The molecule has 2 atom stereocenters. The molecule has 2 N–H and O–H groups in total. The molecule has 1 heterocycles. The van der Waals surface area contributed by atoms with E-state index in [1.807, 2.05) is 44.2 Å². The predicted molar refractivity (Wildman–Crippen MR) is 92.4 cm³/mol. The Morgan fingerprint density at radius 1 is 1.27 bits per heavy atom.